The topological polar surface area (TPSA) is 75.7 Å². The molecule has 2 saturated heterocycles. The highest BCUT2D eigenvalue weighted by Crippen LogP contribution is 2.09. The van der Waals surface area contributed by atoms with Gasteiger partial charge >= 0.3 is 0 Å². The number of hydrogen-bond acceptors (Lipinski definition) is 5. The van der Waals surface area contributed by atoms with Crippen molar-refractivity contribution in [2.75, 3.05) is 44.3 Å². The van der Waals surface area contributed by atoms with Gasteiger partial charge in [0, 0.05) is 26.2 Å². The van der Waals surface area contributed by atoms with Crippen LogP contribution in [0.15, 0.2) is 0 Å². The van der Waals surface area contributed by atoms with Gasteiger partial charge in [-0.3, -0.25) is 4.79 Å². The minimum atomic E-state index is -2.96. The first-order valence-corrected chi connectivity index (χ1v) is 8.19. The second-order valence-corrected chi connectivity index (χ2v) is 7.09. The molecule has 1 unspecified atom stereocenters. The molecule has 0 saturated carbocycles. The molecule has 104 valence electrons. The van der Waals surface area contributed by atoms with Crippen molar-refractivity contribution in [3.63, 3.8) is 0 Å². The second kappa shape index (κ2) is 5.99. The Hall–Kier alpha value is -0.660. The molecular formula is C11H20N2O4S. The summed E-state index contributed by atoms with van der Waals surface area (Å²) >= 11 is 0. The molecule has 2 aliphatic heterocycles. The fraction of sp³-hybridized carbons (Fsp3) is 0.909. The van der Waals surface area contributed by atoms with Crippen LogP contribution < -0.4 is 5.32 Å². The molecule has 0 aromatic rings. The summed E-state index contributed by atoms with van der Waals surface area (Å²) in [5, 5.41) is 3.18. The first-order chi connectivity index (χ1) is 8.57. The predicted molar refractivity (Wildman–Crippen MR) is 67.1 cm³/mol. The van der Waals surface area contributed by atoms with E-state index in [1.807, 2.05) is 0 Å². The van der Waals surface area contributed by atoms with Crippen LogP contribution in [0.4, 0.5) is 0 Å². The van der Waals surface area contributed by atoms with Gasteiger partial charge in [0.1, 0.15) is 0 Å². The first-order valence-electron chi connectivity index (χ1n) is 6.37. The lowest BCUT2D eigenvalue weighted by atomic mass is 10.2. The largest absolute Gasteiger partial charge is 0.375 e. The molecule has 0 aliphatic carbocycles. The summed E-state index contributed by atoms with van der Waals surface area (Å²) in [4.78, 5) is 13.7. The Kier molecular flexibility index (Phi) is 4.58. The van der Waals surface area contributed by atoms with Crippen molar-refractivity contribution in [1.82, 2.24) is 10.2 Å². The SMILES string of the molecule is O=C(CC1CNCCO1)N1CCCS(=O)(=O)CC1. The van der Waals surface area contributed by atoms with Crippen LogP contribution in [0.25, 0.3) is 0 Å². The molecule has 0 radical (unpaired) electrons. The average molecular weight is 276 g/mol. The minimum absolute atomic E-state index is 0.000741. The van der Waals surface area contributed by atoms with Crippen molar-refractivity contribution in [3.05, 3.63) is 0 Å². The van der Waals surface area contributed by atoms with Gasteiger partial charge in [0.2, 0.25) is 5.91 Å². The maximum Gasteiger partial charge on any atom is 0.225 e. The number of morpholine rings is 1. The zero-order valence-corrected chi connectivity index (χ0v) is 11.2. The molecule has 18 heavy (non-hydrogen) atoms. The lowest BCUT2D eigenvalue weighted by Gasteiger charge is -2.26. The highest BCUT2D eigenvalue weighted by atomic mass is 32.2. The van der Waals surface area contributed by atoms with Gasteiger partial charge in [-0.1, -0.05) is 0 Å². The maximum absolute atomic E-state index is 12.1. The molecule has 1 amide bonds. The Morgan fingerprint density at radius 3 is 2.89 bits per heavy atom. The van der Waals surface area contributed by atoms with Gasteiger partial charge in [0.05, 0.1) is 30.6 Å². The molecule has 7 heteroatoms. The Labute approximate surface area is 108 Å². The van der Waals surface area contributed by atoms with E-state index in [2.05, 4.69) is 5.32 Å². The van der Waals surface area contributed by atoms with E-state index in [1.165, 1.54) is 0 Å². The molecule has 1 N–H and O–H groups in total. The number of sulfone groups is 1. The Bertz CT molecular complexity index is 390. The molecule has 0 aromatic carbocycles. The molecule has 2 heterocycles. The van der Waals surface area contributed by atoms with Crippen molar-refractivity contribution in [2.45, 2.75) is 18.9 Å². The van der Waals surface area contributed by atoms with Crippen LogP contribution in [0.5, 0.6) is 0 Å². The quantitative estimate of drug-likeness (QED) is 0.701. The predicted octanol–water partition coefficient (Wildman–Crippen LogP) is -0.988. The third kappa shape index (κ3) is 3.93. The average Bonchev–Trinajstić information content (AvgIpc) is 2.51. The zero-order chi connectivity index (χ0) is 13.0. The van der Waals surface area contributed by atoms with Gasteiger partial charge in [-0.25, -0.2) is 8.42 Å². The van der Waals surface area contributed by atoms with Gasteiger partial charge in [0.15, 0.2) is 9.84 Å². The van der Waals surface area contributed by atoms with E-state index in [-0.39, 0.29) is 23.5 Å². The standard InChI is InChI=1S/C11H20N2O4S/c14-11(8-10-9-12-2-5-17-10)13-3-1-6-18(15,16)7-4-13/h10,12H,1-9H2. The fourth-order valence-electron chi connectivity index (χ4n) is 2.26. The lowest BCUT2D eigenvalue weighted by Crippen LogP contribution is -2.43. The number of hydrogen-bond donors (Lipinski definition) is 1. The number of nitrogens with one attached hydrogen (secondary N) is 1. The third-order valence-electron chi connectivity index (χ3n) is 3.31. The van der Waals surface area contributed by atoms with Crippen LogP contribution in [-0.4, -0.2) is 69.6 Å². The molecule has 2 rings (SSSR count). The summed E-state index contributed by atoms with van der Waals surface area (Å²) in [6, 6.07) is 0. The molecule has 0 spiro atoms. The highest BCUT2D eigenvalue weighted by molar-refractivity contribution is 7.91. The van der Waals surface area contributed by atoms with Crippen molar-refractivity contribution in [3.8, 4) is 0 Å². The van der Waals surface area contributed by atoms with E-state index in [9.17, 15) is 13.2 Å². The molecule has 1 atom stereocenters. The van der Waals surface area contributed by atoms with Crippen molar-refractivity contribution < 1.29 is 17.9 Å². The monoisotopic (exact) mass is 276 g/mol. The molecule has 0 aromatic heterocycles. The minimum Gasteiger partial charge on any atom is -0.375 e. The van der Waals surface area contributed by atoms with Crippen molar-refractivity contribution >= 4 is 15.7 Å². The lowest BCUT2D eigenvalue weighted by molar-refractivity contribution is -0.134. The van der Waals surface area contributed by atoms with E-state index in [0.29, 0.717) is 39.1 Å². The second-order valence-electron chi connectivity index (χ2n) is 4.79. The number of carbonyl (C=O) groups excluding carboxylic acids is 1. The van der Waals surface area contributed by atoms with Gasteiger partial charge < -0.3 is 15.0 Å². The van der Waals surface area contributed by atoms with Crippen LogP contribution in [0.1, 0.15) is 12.8 Å². The molecule has 2 aliphatic rings. The molecule has 2 fully saturated rings. The smallest absolute Gasteiger partial charge is 0.225 e. The molecular weight excluding hydrogens is 256 g/mol. The maximum atomic E-state index is 12.1. The summed E-state index contributed by atoms with van der Waals surface area (Å²) in [6.07, 6.45) is 0.802. The number of amides is 1. The van der Waals surface area contributed by atoms with Crippen LogP contribution >= 0.6 is 0 Å². The van der Waals surface area contributed by atoms with Gasteiger partial charge in [-0.05, 0) is 6.42 Å². The van der Waals surface area contributed by atoms with Gasteiger partial charge in [-0.2, -0.15) is 0 Å². The van der Waals surface area contributed by atoms with Crippen LogP contribution in [0.2, 0.25) is 0 Å². The Balaban J connectivity index is 1.84. The van der Waals surface area contributed by atoms with E-state index in [4.69, 9.17) is 4.74 Å². The summed E-state index contributed by atoms with van der Waals surface area (Å²) in [6.45, 7) is 3.01. The number of ether oxygens (including phenoxy) is 1. The number of rotatable bonds is 2. The van der Waals surface area contributed by atoms with Crippen molar-refractivity contribution in [1.29, 1.82) is 0 Å². The van der Waals surface area contributed by atoms with Crippen LogP contribution in [-0.2, 0) is 19.4 Å². The number of nitrogens with zero attached hydrogens (tertiary/aromatic N) is 1. The summed E-state index contributed by atoms with van der Waals surface area (Å²) in [5.41, 5.74) is 0. The first kappa shape index (κ1) is 13.8. The Morgan fingerprint density at radius 1 is 1.33 bits per heavy atom. The molecule has 0 bridgehead atoms. The van der Waals surface area contributed by atoms with E-state index in [1.54, 1.807) is 4.90 Å². The summed E-state index contributed by atoms with van der Waals surface area (Å²) in [5.74, 6) is 0.279. The summed E-state index contributed by atoms with van der Waals surface area (Å²) < 4.78 is 28.4. The van der Waals surface area contributed by atoms with E-state index < -0.39 is 9.84 Å². The van der Waals surface area contributed by atoms with Gasteiger partial charge in [0.25, 0.3) is 0 Å². The number of carbonyl (C=O) groups is 1. The van der Waals surface area contributed by atoms with Gasteiger partial charge in [-0.15, -0.1) is 0 Å². The van der Waals surface area contributed by atoms with Crippen LogP contribution in [0.3, 0.4) is 0 Å². The zero-order valence-electron chi connectivity index (χ0n) is 10.4. The Morgan fingerprint density at radius 2 is 2.17 bits per heavy atom. The molecule has 6 nitrogen and oxygen atoms in total. The fourth-order valence-corrected chi connectivity index (χ4v) is 3.53. The van der Waals surface area contributed by atoms with E-state index in [0.717, 1.165) is 6.54 Å². The van der Waals surface area contributed by atoms with E-state index >= 15 is 0 Å². The van der Waals surface area contributed by atoms with Crippen molar-refractivity contribution in [2.24, 2.45) is 0 Å². The normalized spacial score (nSPS) is 28.7. The highest BCUT2D eigenvalue weighted by Gasteiger charge is 2.25. The third-order valence-corrected chi connectivity index (χ3v) is 5.03. The van der Waals surface area contributed by atoms with Crippen LogP contribution in [0, 0.1) is 0 Å². The summed E-state index contributed by atoms with van der Waals surface area (Å²) in [7, 11) is -2.96.